The Labute approximate surface area is 95.9 Å². The lowest BCUT2D eigenvalue weighted by Gasteiger charge is -2.02. The number of halogens is 3. The van der Waals surface area contributed by atoms with Crippen LogP contribution in [0.25, 0.3) is 0 Å². The van der Waals surface area contributed by atoms with E-state index in [-0.39, 0.29) is 6.54 Å². The second kappa shape index (κ2) is 4.20. The first-order valence-electron chi connectivity index (χ1n) is 4.98. The molecular formula is C11H10F3N3. The molecule has 0 aliphatic heterocycles. The van der Waals surface area contributed by atoms with Gasteiger partial charge in [-0.1, -0.05) is 29.8 Å². The third-order valence-electron chi connectivity index (χ3n) is 2.23. The second-order valence-corrected chi connectivity index (χ2v) is 3.75. The molecule has 1 aromatic heterocycles. The summed E-state index contributed by atoms with van der Waals surface area (Å²) in [4.78, 5) is 1.04. The van der Waals surface area contributed by atoms with E-state index in [0.717, 1.165) is 22.1 Å². The van der Waals surface area contributed by atoms with E-state index in [0.29, 0.717) is 0 Å². The maximum atomic E-state index is 12.3. The van der Waals surface area contributed by atoms with E-state index in [1.807, 2.05) is 31.2 Å². The van der Waals surface area contributed by atoms with E-state index < -0.39 is 11.9 Å². The van der Waals surface area contributed by atoms with E-state index >= 15 is 0 Å². The van der Waals surface area contributed by atoms with Crippen LogP contribution in [0.1, 0.15) is 16.8 Å². The van der Waals surface area contributed by atoms with E-state index in [4.69, 9.17) is 0 Å². The van der Waals surface area contributed by atoms with Crippen molar-refractivity contribution in [3.63, 3.8) is 0 Å². The smallest absolute Gasteiger partial charge is 0.180 e. The van der Waals surface area contributed by atoms with Crippen LogP contribution in [-0.4, -0.2) is 15.0 Å². The van der Waals surface area contributed by atoms with Crippen molar-refractivity contribution in [3.05, 3.63) is 47.3 Å². The molecular weight excluding hydrogens is 231 g/mol. The third-order valence-corrected chi connectivity index (χ3v) is 2.23. The Kier molecular flexibility index (Phi) is 2.87. The maximum Gasteiger partial charge on any atom is 0.436 e. The first-order chi connectivity index (χ1) is 7.95. The third kappa shape index (κ3) is 2.83. The van der Waals surface area contributed by atoms with Gasteiger partial charge in [0.15, 0.2) is 5.69 Å². The molecule has 0 unspecified atom stereocenters. The quantitative estimate of drug-likeness (QED) is 0.809. The first-order valence-corrected chi connectivity index (χ1v) is 4.98. The molecule has 0 bridgehead atoms. The number of aromatic nitrogens is 3. The van der Waals surface area contributed by atoms with Gasteiger partial charge in [0.05, 0.1) is 12.7 Å². The molecule has 0 aliphatic rings. The van der Waals surface area contributed by atoms with Crippen LogP contribution >= 0.6 is 0 Å². The van der Waals surface area contributed by atoms with Gasteiger partial charge in [-0.15, -0.1) is 5.10 Å². The summed E-state index contributed by atoms with van der Waals surface area (Å²) in [6.07, 6.45) is -3.71. The van der Waals surface area contributed by atoms with Gasteiger partial charge < -0.3 is 0 Å². The molecule has 3 nitrogen and oxygen atoms in total. The number of nitrogens with zero attached hydrogens (tertiary/aromatic N) is 3. The summed E-state index contributed by atoms with van der Waals surface area (Å²) in [7, 11) is 0. The molecule has 6 heteroatoms. The molecule has 0 radical (unpaired) electrons. The molecule has 0 spiro atoms. The van der Waals surface area contributed by atoms with E-state index in [9.17, 15) is 13.2 Å². The fraction of sp³-hybridized carbons (Fsp3) is 0.273. The number of alkyl halides is 3. The van der Waals surface area contributed by atoms with Crippen molar-refractivity contribution in [2.45, 2.75) is 19.6 Å². The zero-order valence-electron chi connectivity index (χ0n) is 9.07. The van der Waals surface area contributed by atoms with Crippen LogP contribution in [0.5, 0.6) is 0 Å². The second-order valence-electron chi connectivity index (χ2n) is 3.75. The van der Waals surface area contributed by atoms with Crippen LogP contribution in [0.3, 0.4) is 0 Å². The lowest BCUT2D eigenvalue weighted by atomic mass is 10.1. The van der Waals surface area contributed by atoms with Crippen LogP contribution in [-0.2, 0) is 12.7 Å². The molecule has 0 saturated heterocycles. The largest absolute Gasteiger partial charge is 0.436 e. The lowest BCUT2D eigenvalue weighted by molar-refractivity contribution is -0.141. The fourth-order valence-corrected chi connectivity index (χ4v) is 1.48. The molecule has 0 saturated carbocycles. The van der Waals surface area contributed by atoms with Gasteiger partial charge >= 0.3 is 6.18 Å². The summed E-state index contributed by atoms with van der Waals surface area (Å²) in [5.74, 6) is 0. The van der Waals surface area contributed by atoms with Crippen LogP contribution < -0.4 is 0 Å². The molecule has 2 rings (SSSR count). The first kappa shape index (κ1) is 11.6. The van der Waals surface area contributed by atoms with Gasteiger partial charge in [0, 0.05) is 0 Å². The monoisotopic (exact) mass is 241 g/mol. The standard InChI is InChI=1S/C11H10F3N3/c1-8-3-2-4-9(5-8)7-17-15-6-10(16-17)11(12,13)14/h2-6H,7H2,1H3. The summed E-state index contributed by atoms with van der Waals surface area (Å²) in [5.41, 5.74) is 0.949. The van der Waals surface area contributed by atoms with Crippen LogP contribution in [0.2, 0.25) is 0 Å². The van der Waals surface area contributed by atoms with Crippen molar-refractivity contribution in [1.29, 1.82) is 0 Å². The highest BCUT2D eigenvalue weighted by Gasteiger charge is 2.34. The van der Waals surface area contributed by atoms with E-state index in [1.165, 1.54) is 0 Å². The highest BCUT2D eigenvalue weighted by atomic mass is 19.4. The minimum absolute atomic E-state index is 0.234. The van der Waals surface area contributed by atoms with Crippen LogP contribution in [0.15, 0.2) is 30.5 Å². The number of rotatable bonds is 2. The molecule has 0 atom stereocenters. The topological polar surface area (TPSA) is 30.7 Å². The normalized spacial score (nSPS) is 11.8. The summed E-state index contributed by atoms with van der Waals surface area (Å²) in [6.45, 7) is 2.15. The molecule has 90 valence electrons. The minimum atomic E-state index is -4.44. The number of aryl methyl sites for hydroxylation is 1. The fourth-order valence-electron chi connectivity index (χ4n) is 1.48. The van der Waals surface area contributed by atoms with Crippen molar-refractivity contribution in [3.8, 4) is 0 Å². The molecule has 2 aromatic rings. The van der Waals surface area contributed by atoms with E-state index in [2.05, 4.69) is 10.2 Å². The SMILES string of the molecule is Cc1cccc(Cn2ncc(C(F)(F)F)n2)c1. The predicted molar refractivity (Wildman–Crippen MR) is 55.3 cm³/mol. The molecule has 0 N–H and O–H groups in total. The molecule has 0 amide bonds. The molecule has 1 heterocycles. The van der Waals surface area contributed by atoms with Crippen molar-refractivity contribution in [1.82, 2.24) is 15.0 Å². The zero-order chi connectivity index (χ0) is 12.5. The van der Waals surface area contributed by atoms with Gasteiger partial charge in [-0.25, -0.2) is 0 Å². The van der Waals surface area contributed by atoms with Crippen LogP contribution in [0.4, 0.5) is 13.2 Å². The van der Waals surface area contributed by atoms with Crippen LogP contribution in [0, 0.1) is 6.92 Å². The average molecular weight is 241 g/mol. The molecule has 17 heavy (non-hydrogen) atoms. The number of hydrogen-bond donors (Lipinski definition) is 0. The predicted octanol–water partition coefficient (Wildman–Crippen LogP) is 2.65. The Bertz CT molecular complexity index is 517. The van der Waals surface area contributed by atoms with Gasteiger partial charge in [0.1, 0.15) is 0 Å². The van der Waals surface area contributed by atoms with Crippen molar-refractivity contribution < 1.29 is 13.2 Å². The average Bonchev–Trinajstić information content (AvgIpc) is 2.65. The Balaban J connectivity index is 2.17. The summed E-state index contributed by atoms with van der Waals surface area (Å²) in [6, 6.07) is 7.47. The maximum absolute atomic E-state index is 12.3. The zero-order valence-corrected chi connectivity index (χ0v) is 9.07. The Morgan fingerprint density at radius 2 is 2.06 bits per heavy atom. The van der Waals surface area contributed by atoms with Gasteiger partial charge in [-0.3, -0.25) is 0 Å². The Morgan fingerprint density at radius 1 is 1.29 bits per heavy atom. The van der Waals surface area contributed by atoms with Crippen molar-refractivity contribution in [2.75, 3.05) is 0 Å². The van der Waals surface area contributed by atoms with E-state index in [1.54, 1.807) is 0 Å². The molecule has 0 fully saturated rings. The Hall–Kier alpha value is -1.85. The van der Waals surface area contributed by atoms with Crippen molar-refractivity contribution >= 4 is 0 Å². The Morgan fingerprint density at radius 3 is 2.65 bits per heavy atom. The van der Waals surface area contributed by atoms with Gasteiger partial charge in [-0.2, -0.15) is 23.1 Å². The number of hydrogen-bond acceptors (Lipinski definition) is 2. The molecule has 0 aliphatic carbocycles. The minimum Gasteiger partial charge on any atom is -0.180 e. The summed E-state index contributed by atoms with van der Waals surface area (Å²) >= 11 is 0. The summed E-state index contributed by atoms with van der Waals surface area (Å²) < 4.78 is 36.9. The van der Waals surface area contributed by atoms with Crippen molar-refractivity contribution in [2.24, 2.45) is 0 Å². The highest BCUT2D eigenvalue weighted by molar-refractivity contribution is 5.22. The summed E-state index contributed by atoms with van der Waals surface area (Å²) in [5, 5.41) is 6.98. The lowest BCUT2D eigenvalue weighted by Crippen LogP contribution is -2.09. The highest BCUT2D eigenvalue weighted by Crippen LogP contribution is 2.26. The van der Waals surface area contributed by atoms with Gasteiger partial charge in [-0.05, 0) is 12.5 Å². The molecule has 1 aromatic carbocycles. The van der Waals surface area contributed by atoms with Gasteiger partial charge in [0.25, 0.3) is 0 Å². The number of benzene rings is 1. The van der Waals surface area contributed by atoms with Gasteiger partial charge in [0.2, 0.25) is 0 Å².